The highest BCUT2D eigenvalue weighted by Crippen LogP contribution is 2.30. The van der Waals surface area contributed by atoms with E-state index in [9.17, 15) is 9.59 Å². The third-order valence-corrected chi connectivity index (χ3v) is 5.67. The fraction of sp³-hybridized carbons (Fsp3) is 0.333. The maximum Gasteiger partial charge on any atom is 0.237 e. The Bertz CT molecular complexity index is 838. The van der Waals surface area contributed by atoms with E-state index in [1.165, 1.54) is 29.3 Å². The molecule has 2 N–H and O–H groups in total. The van der Waals surface area contributed by atoms with Crippen LogP contribution in [0.3, 0.4) is 0 Å². The summed E-state index contributed by atoms with van der Waals surface area (Å²) in [6, 6.07) is 13.7. The van der Waals surface area contributed by atoms with Gasteiger partial charge in [0.1, 0.15) is 5.75 Å². The maximum atomic E-state index is 12.9. The molecule has 0 bridgehead atoms. The van der Waals surface area contributed by atoms with Crippen molar-refractivity contribution in [2.45, 2.75) is 30.6 Å². The predicted molar refractivity (Wildman–Crippen MR) is 108 cm³/mol. The fourth-order valence-corrected chi connectivity index (χ4v) is 4.15. The lowest BCUT2D eigenvalue weighted by molar-refractivity contribution is -0.118. The van der Waals surface area contributed by atoms with Crippen molar-refractivity contribution in [1.29, 1.82) is 0 Å². The van der Waals surface area contributed by atoms with E-state index in [1.54, 1.807) is 18.1 Å². The number of carbonyl (C=O) groups is 2. The Balaban J connectivity index is 1.73. The molecular formula is C21H24N2O3S. The maximum absolute atomic E-state index is 12.9. The van der Waals surface area contributed by atoms with E-state index in [0.29, 0.717) is 11.4 Å². The molecule has 0 saturated heterocycles. The Kier molecular flexibility index (Phi) is 6.40. The van der Waals surface area contributed by atoms with Crippen LogP contribution >= 0.6 is 11.8 Å². The first-order valence-electron chi connectivity index (χ1n) is 9.05. The van der Waals surface area contributed by atoms with Crippen LogP contribution < -0.4 is 15.4 Å². The Labute approximate surface area is 163 Å². The van der Waals surface area contributed by atoms with Crippen LogP contribution in [-0.4, -0.2) is 31.2 Å². The number of anilines is 1. The van der Waals surface area contributed by atoms with Gasteiger partial charge in [0, 0.05) is 17.9 Å². The van der Waals surface area contributed by atoms with Crippen molar-refractivity contribution in [2.75, 3.05) is 24.3 Å². The highest BCUT2D eigenvalue weighted by molar-refractivity contribution is 8.00. The van der Waals surface area contributed by atoms with Gasteiger partial charge in [-0.2, -0.15) is 0 Å². The van der Waals surface area contributed by atoms with Crippen molar-refractivity contribution in [2.24, 2.45) is 5.73 Å². The summed E-state index contributed by atoms with van der Waals surface area (Å²) >= 11 is 1.52. The van der Waals surface area contributed by atoms with E-state index in [-0.39, 0.29) is 24.6 Å². The second-order valence-electron chi connectivity index (χ2n) is 6.51. The summed E-state index contributed by atoms with van der Waals surface area (Å²) < 4.78 is 5.38. The van der Waals surface area contributed by atoms with Crippen LogP contribution in [0.1, 0.15) is 24.0 Å². The minimum Gasteiger partial charge on any atom is -0.495 e. The fourth-order valence-electron chi connectivity index (χ4n) is 3.32. The largest absolute Gasteiger partial charge is 0.495 e. The third kappa shape index (κ3) is 4.83. The molecule has 0 unspecified atom stereocenters. The summed E-state index contributed by atoms with van der Waals surface area (Å²) in [4.78, 5) is 26.9. The number of thioether (sulfide) groups is 1. The van der Waals surface area contributed by atoms with Gasteiger partial charge >= 0.3 is 0 Å². The Morgan fingerprint density at radius 3 is 2.70 bits per heavy atom. The summed E-state index contributed by atoms with van der Waals surface area (Å²) in [5.41, 5.74) is 8.76. The quantitative estimate of drug-likeness (QED) is 0.710. The van der Waals surface area contributed by atoms with Crippen molar-refractivity contribution in [3.63, 3.8) is 0 Å². The molecule has 0 spiro atoms. The van der Waals surface area contributed by atoms with Crippen LogP contribution in [0.15, 0.2) is 47.4 Å². The summed E-state index contributed by atoms with van der Waals surface area (Å²) in [6.07, 6.45) is 3.57. The molecule has 142 valence electrons. The number of rotatable bonds is 8. The van der Waals surface area contributed by atoms with Gasteiger partial charge in [-0.15, -0.1) is 11.8 Å². The van der Waals surface area contributed by atoms with Gasteiger partial charge in [0.05, 0.1) is 18.6 Å². The number of benzene rings is 2. The molecule has 0 aromatic heterocycles. The number of hydrogen-bond acceptors (Lipinski definition) is 4. The van der Waals surface area contributed by atoms with E-state index in [1.807, 2.05) is 18.2 Å². The minimum atomic E-state index is -0.436. The van der Waals surface area contributed by atoms with Crippen molar-refractivity contribution >= 4 is 29.3 Å². The van der Waals surface area contributed by atoms with Gasteiger partial charge in [0.25, 0.3) is 0 Å². The van der Waals surface area contributed by atoms with Crippen molar-refractivity contribution < 1.29 is 14.3 Å². The number of para-hydroxylation sites is 2. The lowest BCUT2D eigenvalue weighted by atomic mass is 10.1. The highest BCUT2D eigenvalue weighted by Gasteiger charge is 2.20. The monoisotopic (exact) mass is 384 g/mol. The number of nitrogens with two attached hydrogens (primary N) is 1. The minimum absolute atomic E-state index is 0.0775. The molecule has 0 heterocycles. The Morgan fingerprint density at radius 2 is 1.93 bits per heavy atom. The molecule has 0 radical (unpaired) electrons. The molecule has 0 fully saturated rings. The average Bonchev–Trinajstić information content (AvgIpc) is 3.14. The van der Waals surface area contributed by atoms with Gasteiger partial charge in [-0.05, 0) is 54.7 Å². The lowest BCUT2D eigenvalue weighted by Gasteiger charge is -2.24. The number of amides is 2. The molecule has 0 aliphatic heterocycles. The third-order valence-electron chi connectivity index (χ3n) is 4.69. The molecule has 6 heteroatoms. The molecule has 1 aliphatic rings. The first kappa shape index (κ1) is 19.3. The number of hydrogen-bond donors (Lipinski definition) is 1. The Hall–Kier alpha value is -2.47. The number of ether oxygens (including phenoxy) is 1. The number of methoxy groups -OCH3 is 1. The van der Waals surface area contributed by atoms with E-state index in [4.69, 9.17) is 10.5 Å². The predicted octanol–water partition coefficient (Wildman–Crippen LogP) is 3.18. The topological polar surface area (TPSA) is 72.6 Å². The van der Waals surface area contributed by atoms with E-state index >= 15 is 0 Å². The molecule has 2 aromatic rings. The summed E-state index contributed by atoms with van der Waals surface area (Å²) in [7, 11) is 1.56. The second-order valence-corrected chi connectivity index (χ2v) is 7.56. The lowest BCUT2D eigenvalue weighted by Crippen LogP contribution is -2.35. The smallest absolute Gasteiger partial charge is 0.237 e. The molecule has 2 aromatic carbocycles. The average molecular weight is 385 g/mol. The molecule has 2 amide bonds. The SMILES string of the molecule is COc1ccccc1N(CCC(N)=O)C(=O)CSc1ccc2c(c1)CCC2. The van der Waals surface area contributed by atoms with E-state index in [2.05, 4.69) is 18.2 Å². The van der Waals surface area contributed by atoms with Crippen LogP contribution in [0.4, 0.5) is 5.69 Å². The van der Waals surface area contributed by atoms with E-state index < -0.39 is 5.91 Å². The molecular weight excluding hydrogens is 360 g/mol. The summed E-state index contributed by atoms with van der Waals surface area (Å²) in [5, 5.41) is 0. The second kappa shape index (κ2) is 8.95. The molecule has 1 aliphatic carbocycles. The van der Waals surface area contributed by atoms with Gasteiger partial charge in [0.15, 0.2) is 0 Å². The number of fused-ring (bicyclic) bond motifs is 1. The van der Waals surface area contributed by atoms with Crippen molar-refractivity contribution in [3.8, 4) is 5.75 Å². The molecule has 5 nitrogen and oxygen atoms in total. The standard InChI is InChI=1S/C21H24N2O3S/c1-26-19-8-3-2-7-18(19)23(12-11-20(22)24)21(25)14-27-17-10-9-15-5-4-6-16(15)13-17/h2-3,7-10,13H,4-6,11-12,14H2,1H3,(H2,22,24). The summed E-state index contributed by atoms with van der Waals surface area (Å²) in [6.45, 7) is 0.235. The van der Waals surface area contributed by atoms with Crippen LogP contribution in [0, 0.1) is 0 Å². The summed E-state index contributed by atoms with van der Waals surface area (Å²) in [5.74, 6) is 0.369. The van der Waals surface area contributed by atoms with Crippen LogP contribution in [0.25, 0.3) is 0 Å². The highest BCUT2D eigenvalue weighted by atomic mass is 32.2. The van der Waals surface area contributed by atoms with Crippen LogP contribution in [0.2, 0.25) is 0 Å². The molecule has 3 rings (SSSR count). The van der Waals surface area contributed by atoms with Gasteiger partial charge in [0.2, 0.25) is 11.8 Å². The zero-order valence-electron chi connectivity index (χ0n) is 15.4. The number of carbonyl (C=O) groups excluding carboxylic acids is 2. The van der Waals surface area contributed by atoms with Gasteiger partial charge in [-0.1, -0.05) is 18.2 Å². The zero-order valence-corrected chi connectivity index (χ0v) is 16.3. The molecule has 0 atom stereocenters. The zero-order chi connectivity index (χ0) is 19.2. The normalized spacial score (nSPS) is 12.5. The van der Waals surface area contributed by atoms with Crippen molar-refractivity contribution in [3.05, 3.63) is 53.6 Å². The molecule has 27 heavy (non-hydrogen) atoms. The van der Waals surface area contributed by atoms with Gasteiger partial charge < -0.3 is 15.4 Å². The first-order valence-corrected chi connectivity index (χ1v) is 10.0. The van der Waals surface area contributed by atoms with Crippen LogP contribution in [-0.2, 0) is 22.4 Å². The van der Waals surface area contributed by atoms with Gasteiger partial charge in [-0.25, -0.2) is 0 Å². The molecule has 0 saturated carbocycles. The Morgan fingerprint density at radius 1 is 1.15 bits per heavy atom. The van der Waals surface area contributed by atoms with Crippen LogP contribution in [0.5, 0.6) is 5.75 Å². The van der Waals surface area contributed by atoms with E-state index in [0.717, 1.165) is 17.7 Å². The number of aryl methyl sites for hydroxylation is 2. The van der Waals surface area contributed by atoms with Gasteiger partial charge in [-0.3, -0.25) is 9.59 Å². The van der Waals surface area contributed by atoms with Crippen molar-refractivity contribution in [1.82, 2.24) is 0 Å². The number of primary amides is 1. The first-order chi connectivity index (χ1) is 13.1. The number of nitrogens with zero attached hydrogens (tertiary/aromatic N) is 1.